The Bertz CT molecular complexity index is 497. The molecule has 88 valence electrons. The summed E-state index contributed by atoms with van der Waals surface area (Å²) in [7, 11) is 0. The van der Waals surface area contributed by atoms with Crippen LogP contribution in [0.5, 0.6) is 5.75 Å². The van der Waals surface area contributed by atoms with Crippen molar-refractivity contribution in [3.05, 3.63) is 41.8 Å². The van der Waals surface area contributed by atoms with Crippen molar-refractivity contribution in [3.8, 4) is 17.0 Å². The molecule has 0 saturated carbocycles. The minimum atomic E-state index is 0.173. The summed E-state index contributed by atoms with van der Waals surface area (Å²) in [5.41, 5.74) is 1.73. The Hall–Kier alpha value is -1.61. The third kappa shape index (κ3) is 3.17. The van der Waals surface area contributed by atoms with E-state index in [1.54, 1.807) is 6.20 Å². The van der Waals surface area contributed by atoms with Gasteiger partial charge in [0.25, 0.3) is 0 Å². The Kier molecular flexibility index (Phi) is 3.59. The zero-order valence-corrected chi connectivity index (χ0v) is 10.5. The Balaban J connectivity index is 2.23. The zero-order chi connectivity index (χ0) is 12.3. The molecule has 0 N–H and O–H groups in total. The van der Waals surface area contributed by atoms with Crippen LogP contribution in [0.15, 0.2) is 36.7 Å². The van der Waals surface area contributed by atoms with Gasteiger partial charge >= 0.3 is 0 Å². The summed E-state index contributed by atoms with van der Waals surface area (Å²) in [6.07, 6.45) is 3.37. The lowest BCUT2D eigenvalue weighted by atomic mass is 10.1. The van der Waals surface area contributed by atoms with Crippen LogP contribution in [0, 0.1) is 0 Å². The average Bonchev–Trinajstić information content (AvgIpc) is 2.29. The Morgan fingerprint density at radius 3 is 2.41 bits per heavy atom. The Labute approximate surface area is 105 Å². The zero-order valence-electron chi connectivity index (χ0n) is 9.72. The van der Waals surface area contributed by atoms with Crippen LogP contribution < -0.4 is 4.74 Å². The molecule has 2 aromatic rings. The highest BCUT2D eigenvalue weighted by molar-refractivity contribution is 6.29. The number of hydrogen-bond acceptors (Lipinski definition) is 3. The van der Waals surface area contributed by atoms with Gasteiger partial charge in [-0.25, -0.2) is 4.98 Å². The lowest BCUT2D eigenvalue weighted by molar-refractivity contribution is 0.242. The van der Waals surface area contributed by atoms with Crippen LogP contribution in [-0.4, -0.2) is 16.1 Å². The Morgan fingerprint density at radius 1 is 1.12 bits per heavy atom. The second kappa shape index (κ2) is 5.15. The standard InChI is InChI=1S/C13H13ClN2O/c1-9(2)17-11-5-3-10(4-6-11)12-7-15-8-13(14)16-12/h3-9H,1-2H3. The minimum Gasteiger partial charge on any atom is -0.491 e. The predicted octanol–water partition coefficient (Wildman–Crippen LogP) is 3.58. The lowest BCUT2D eigenvalue weighted by Gasteiger charge is -2.09. The van der Waals surface area contributed by atoms with Gasteiger partial charge in [0.2, 0.25) is 0 Å². The third-order valence-corrected chi connectivity index (χ3v) is 2.31. The number of benzene rings is 1. The lowest BCUT2D eigenvalue weighted by Crippen LogP contribution is -2.05. The molecule has 1 heterocycles. The first-order valence-electron chi connectivity index (χ1n) is 5.40. The fourth-order valence-corrected chi connectivity index (χ4v) is 1.61. The summed E-state index contributed by atoms with van der Waals surface area (Å²) in [5, 5.41) is 0.394. The van der Waals surface area contributed by atoms with Crippen molar-refractivity contribution in [2.24, 2.45) is 0 Å². The van der Waals surface area contributed by atoms with Gasteiger partial charge in [0, 0.05) is 5.56 Å². The summed E-state index contributed by atoms with van der Waals surface area (Å²) < 4.78 is 5.57. The van der Waals surface area contributed by atoms with Gasteiger partial charge in [0.1, 0.15) is 10.9 Å². The van der Waals surface area contributed by atoms with Gasteiger partial charge in [0.05, 0.1) is 24.2 Å². The molecule has 3 nitrogen and oxygen atoms in total. The van der Waals surface area contributed by atoms with Gasteiger partial charge in [0.15, 0.2) is 0 Å². The molecule has 2 rings (SSSR count). The van der Waals surface area contributed by atoms with E-state index in [1.807, 2.05) is 38.1 Å². The summed E-state index contributed by atoms with van der Waals surface area (Å²) in [5.74, 6) is 0.846. The van der Waals surface area contributed by atoms with E-state index in [2.05, 4.69) is 9.97 Å². The smallest absolute Gasteiger partial charge is 0.148 e. The number of halogens is 1. The van der Waals surface area contributed by atoms with Crippen LogP contribution in [0.3, 0.4) is 0 Å². The van der Waals surface area contributed by atoms with Crippen molar-refractivity contribution < 1.29 is 4.74 Å². The van der Waals surface area contributed by atoms with Crippen molar-refractivity contribution in [1.29, 1.82) is 0 Å². The monoisotopic (exact) mass is 248 g/mol. The highest BCUT2D eigenvalue weighted by Gasteiger charge is 2.02. The van der Waals surface area contributed by atoms with E-state index in [0.717, 1.165) is 17.0 Å². The molecule has 4 heteroatoms. The topological polar surface area (TPSA) is 35.0 Å². The van der Waals surface area contributed by atoms with E-state index < -0.39 is 0 Å². The Morgan fingerprint density at radius 2 is 1.82 bits per heavy atom. The molecule has 0 bridgehead atoms. The van der Waals surface area contributed by atoms with Crippen molar-refractivity contribution >= 4 is 11.6 Å². The molecular formula is C13H13ClN2O. The summed E-state index contributed by atoms with van der Waals surface area (Å²) in [4.78, 5) is 8.20. The van der Waals surface area contributed by atoms with Gasteiger partial charge in [-0.1, -0.05) is 11.6 Å². The molecule has 0 aliphatic heterocycles. The molecule has 0 radical (unpaired) electrons. The van der Waals surface area contributed by atoms with E-state index in [4.69, 9.17) is 16.3 Å². The van der Waals surface area contributed by atoms with Crippen LogP contribution in [0.1, 0.15) is 13.8 Å². The SMILES string of the molecule is CC(C)Oc1ccc(-c2cncc(Cl)n2)cc1. The molecule has 0 spiro atoms. The van der Waals surface area contributed by atoms with Gasteiger partial charge in [-0.2, -0.15) is 0 Å². The molecule has 0 saturated heterocycles. The van der Waals surface area contributed by atoms with Crippen molar-refractivity contribution in [1.82, 2.24) is 9.97 Å². The van der Waals surface area contributed by atoms with Gasteiger partial charge < -0.3 is 4.74 Å². The molecule has 0 fully saturated rings. The van der Waals surface area contributed by atoms with E-state index in [-0.39, 0.29) is 6.10 Å². The first kappa shape index (κ1) is 11.9. The highest BCUT2D eigenvalue weighted by atomic mass is 35.5. The quantitative estimate of drug-likeness (QED) is 0.833. The number of hydrogen-bond donors (Lipinski definition) is 0. The average molecular weight is 249 g/mol. The molecule has 1 aromatic carbocycles. The van der Waals surface area contributed by atoms with E-state index in [1.165, 1.54) is 6.20 Å². The van der Waals surface area contributed by atoms with Crippen LogP contribution >= 0.6 is 11.6 Å². The van der Waals surface area contributed by atoms with E-state index >= 15 is 0 Å². The van der Waals surface area contributed by atoms with Crippen LogP contribution in [0.2, 0.25) is 5.15 Å². The number of rotatable bonds is 3. The maximum atomic E-state index is 5.80. The van der Waals surface area contributed by atoms with Crippen LogP contribution in [0.4, 0.5) is 0 Å². The molecule has 0 aliphatic rings. The van der Waals surface area contributed by atoms with Crippen molar-refractivity contribution in [2.45, 2.75) is 20.0 Å². The van der Waals surface area contributed by atoms with Gasteiger partial charge in [-0.15, -0.1) is 0 Å². The maximum absolute atomic E-state index is 5.80. The highest BCUT2D eigenvalue weighted by Crippen LogP contribution is 2.21. The van der Waals surface area contributed by atoms with Crippen molar-refractivity contribution in [2.75, 3.05) is 0 Å². The van der Waals surface area contributed by atoms with Gasteiger partial charge in [-0.05, 0) is 38.1 Å². The molecule has 1 aromatic heterocycles. The minimum absolute atomic E-state index is 0.173. The molecule has 0 amide bonds. The number of ether oxygens (including phenoxy) is 1. The summed E-state index contributed by atoms with van der Waals surface area (Å²) in [6, 6.07) is 7.71. The summed E-state index contributed by atoms with van der Waals surface area (Å²) >= 11 is 5.80. The van der Waals surface area contributed by atoms with Crippen LogP contribution in [-0.2, 0) is 0 Å². The van der Waals surface area contributed by atoms with Crippen LogP contribution in [0.25, 0.3) is 11.3 Å². The first-order chi connectivity index (χ1) is 8.15. The second-order valence-corrected chi connectivity index (χ2v) is 4.31. The number of aromatic nitrogens is 2. The fraction of sp³-hybridized carbons (Fsp3) is 0.231. The molecular weight excluding hydrogens is 236 g/mol. The van der Waals surface area contributed by atoms with E-state index in [9.17, 15) is 0 Å². The molecule has 0 unspecified atom stereocenters. The fourth-order valence-electron chi connectivity index (χ4n) is 1.46. The molecule has 0 aliphatic carbocycles. The maximum Gasteiger partial charge on any atom is 0.148 e. The van der Waals surface area contributed by atoms with Crippen molar-refractivity contribution in [3.63, 3.8) is 0 Å². The number of nitrogens with zero attached hydrogens (tertiary/aromatic N) is 2. The van der Waals surface area contributed by atoms with E-state index in [0.29, 0.717) is 5.15 Å². The normalized spacial score (nSPS) is 10.6. The third-order valence-electron chi connectivity index (χ3n) is 2.13. The first-order valence-corrected chi connectivity index (χ1v) is 5.77. The molecule has 17 heavy (non-hydrogen) atoms. The summed E-state index contributed by atoms with van der Waals surface area (Å²) in [6.45, 7) is 3.99. The predicted molar refractivity (Wildman–Crippen MR) is 68.2 cm³/mol. The molecule has 0 atom stereocenters. The second-order valence-electron chi connectivity index (χ2n) is 3.92. The largest absolute Gasteiger partial charge is 0.491 e. The van der Waals surface area contributed by atoms with Gasteiger partial charge in [-0.3, -0.25) is 4.98 Å².